The zero-order chi connectivity index (χ0) is 17.6. The van der Waals surface area contributed by atoms with Gasteiger partial charge >= 0.3 is 0 Å². The molecule has 0 unspecified atom stereocenters. The average Bonchev–Trinajstić information content (AvgIpc) is 2.65. The van der Waals surface area contributed by atoms with Crippen molar-refractivity contribution in [3.05, 3.63) is 65.2 Å². The van der Waals surface area contributed by atoms with E-state index in [9.17, 15) is 9.59 Å². The Hall–Kier alpha value is -2.62. The van der Waals surface area contributed by atoms with Crippen LogP contribution >= 0.6 is 0 Å². The van der Waals surface area contributed by atoms with Crippen LogP contribution in [0.25, 0.3) is 0 Å². The molecule has 0 aliphatic heterocycles. The van der Waals surface area contributed by atoms with Crippen molar-refractivity contribution in [2.75, 3.05) is 5.32 Å². The zero-order valence-corrected chi connectivity index (χ0v) is 14.5. The molecule has 0 heterocycles. The first kappa shape index (κ1) is 17.2. The largest absolute Gasteiger partial charge is 0.349 e. The lowest BCUT2D eigenvalue weighted by Gasteiger charge is -2.23. The first-order chi connectivity index (χ1) is 12.1. The van der Waals surface area contributed by atoms with Gasteiger partial charge in [0.2, 0.25) is 0 Å². The predicted octanol–water partition coefficient (Wildman–Crippen LogP) is 4.31. The lowest BCUT2D eigenvalue weighted by atomic mass is 9.95. The molecule has 2 amide bonds. The molecular weight excluding hydrogens is 312 g/mol. The average molecular weight is 336 g/mol. The van der Waals surface area contributed by atoms with E-state index in [1.54, 1.807) is 18.2 Å². The molecule has 1 saturated carbocycles. The summed E-state index contributed by atoms with van der Waals surface area (Å²) in [6, 6.07) is 14.8. The number of anilines is 1. The molecule has 0 saturated heterocycles. The molecule has 1 fully saturated rings. The van der Waals surface area contributed by atoms with Gasteiger partial charge in [-0.25, -0.2) is 0 Å². The Morgan fingerprint density at radius 3 is 2.32 bits per heavy atom. The molecule has 0 spiro atoms. The highest BCUT2D eigenvalue weighted by Gasteiger charge is 2.17. The Balaban J connectivity index is 1.71. The molecule has 2 aromatic carbocycles. The maximum atomic E-state index is 12.5. The third-order valence-corrected chi connectivity index (χ3v) is 4.72. The maximum absolute atomic E-state index is 12.5. The van der Waals surface area contributed by atoms with Crippen molar-refractivity contribution in [3.63, 3.8) is 0 Å². The van der Waals surface area contributed by atoms with Gasteiger partial charge in [-0.2, -0.15) is 0 Å². The number of rotatable bonds is 4. The summed E-state index contributed by atoms with van der Waals surface area (Å²) < 4.78 is 0. The van der Waals surface area contributed by atoms with Gasteiger partial charge in [-0.3, -0.25) is 9.59 Å². The fraction of sp³-hybridized carbons (Fsp3) is 0.333. The molecule has 0 aromatic heterocycles. The van der Waals surface area contributed by atoms with Crippen LogP contribution in [-0.4, -0.2) is 17.9 Å². The van der Waals surface area contributed by atoms with Crippen LogP contribution < -0.4 is 10.6 Å². The van der Waals surface area contributed by atoms with E-state index in [-0.39, 0.29) is 17.9 Å². The summed E-state index contributed by atoms with van der Waals surface area (Å²) in [6.45, 7) is 1.92. The maximum Gasteiger partial charge on any atom is 0.255 e. The molecule has 2 aromatic rings. The zero-order valence-electron chi connectivity index (χ0n) is 14.5. The second-order valence-corrected chi connectivity index (χ2v) is 6.66. The molecule has 0 atom stereocenters. The van der Waals surface area contributed by atoms with Crippen LogP contribution in [0.1, 0.15) is 58.4 Å². The van der Waals surface area contributed by atoms with Gasteiger partial charge in [0.15, 0.2) is 0 Å². The minimum absolute atomic E-state index is 0.0675. The van der Waals surface area contributed by atoms with Gasteiger partial charge in [0, 0.05) is 22.9 Å². The number of nitrogens with one attached hydrogen (secondary N) is 2. The van der Waals surface area contributed by atoms with Crippen molar-refractivity contribution in [3.8, 4) is 0 Å². The molecule has 130 valence electrons. The summed E-state index contributed by atoms with van der Waals surface area (Å²) in [5, 5.41) is 6.02. The van der Waals surface area contributed by atoms with E-state index in [4.69, 9.17) is 0 Å². The Morgan fingerprint density at radius 1 is 0.880 bits per heavy atom. The van der Waals surface area contributed by atoms with Crippen LogP contribution in [0.2, 0.25) is 0 Å². The quantitative estimate of drug-likeness (QED) is 0.874. The van der Waals surface area contributed by atoms with Crippen molar-refractivity contribution < 1.29 is 9.59 Å². The summed E-state index contributed by atoms with van der Waals surface area (Å²) in [5.74, 6) is -0.240. The summed E-state index contributed by atoms with van der Waals surface area (Å²) in [6.07, 6.45) is 5.71. The number of aryl methyl sites for hydroxylation is 1. The molecule has 1 aliphatic rings. The Labute approximate surface area is 148 Å². The van der Waals surface area contributed by atoms with Crippen molar-refractivity contribution >= 4 is 17.5 Å². The molecule has 25 heavy (non-hydrogen) atoms. The van der Waals surface area contributed by atoms with Crippen LogP contribution in [0, 0.1) is 6.92 Å². The fourth-order valence-electron chi connectivity index (χ4n) is 3.20. The second kappa shape index (κ2) is 7.97. The third-order valence-electron chi connectivity index (χ3n) is 4.72. The van der Waals surface area contributed by atoms with E-state index in [0.29, 0.717) is 16.8 Å². The van der Waals surface area contributed by atoms with E-state index in [1.165, 1.54) is 19.3 Å². The van der Waals surface area contributed by atoms with Gasteiger partial charge in [-0.1, -0.05) is 43.5 Å². The number of hydrogen-bond acceptors (Lipinski definition) is 2. The highest BCUT2D eigenvalue weighted by atomic mass is 16.2. The van der Waals surface area contributed by atoms with E-state index < -0.39 is 0 Å². The van der Waals surface area contributed by atoms with Crippen molar-refractivity contribution in [2.24, 2.45) is 0 Å². The van der Waals surface area contributed by atoms with Gasteiger partial charge in [0.1, 0.15) is 0 Å². The number of carbonyl (C=O) groups excluding carboxylic acids is 2. The van der Waals surface area contributed by atoms with E-state index in [2.05, 4.69) is 10.6 Å². The number of carbonyl (C=O) groups is 2. The van der Waals surface area contributed by atoms with Gasteiger partial charge in [0.05, 0.1) is 0 Å². The topological polar surface area (TPSA) is 58.2 Å². The number of hydrogen-bond donors (Lipinski definition) is 2. The van der Waals surface area contributed by atoms with Gasteiger partial charge in [0.25, 0.3) is 11.8 Å². The van der Waals surface area contributed by atoms with Gasteiger partial charge < -0.3 is 10.6 Å². The highest BCUT2D eigenvalue weighted by molar-refractivity contribution is 6.05. The molecule has 0 bridgehead atoms. The first-order valence-corrected chi connectivity index (χ1v) is 8.91. The highest BCUT2D eigenvalue weighted by Crippen LogP contribution is 2.20. The van der Waals surface area contributed by atoms with Crippen LogP contribution in [0.3, 0.4) is 0 Å². The second-order valence-electron chi connectivity index (χ2n) is 6.66. The summed E-state index contributed by atoms with van der Waals surface area (Å²) >= 11 is 0. The number of amides is 2. The van der Waals surface area contributed by atoms with Crippen molar-refractivity contribution in [1.29, 1.82) is 0 Å². The summed E-state index contributed by atoms with van der Waals surface area (Å²) in [7, 11) is 0. The van der Waals surface area contributed by atoms with Gasteiger partial charge in [-0.05, 0) is 49.6 Å². The Morgan fingerprint density at radius 2 is 1.60 bits per heavy atom. The Kier molecular flexibility index (Phi) is 5.49. The lowest BCUT2D eigenvalue weighted by Crippen LogP contribution is -2.36. The van der Waals surface area contributed by atoms with E-state index >= 15 is 0 Å². The predicted molar refractivity (Wildman–Crippen MR) is 99.9 cm³/mol. The smallest absolute Gasteiger partial charge is 0.255 e. The SMILES string of the molecule is Cc1ccc(C(=O)NC2CCCCC2)cc1NC(=O)c1ccccc1. The fourth-order valence-corrected chi connectivity index (χ4v) is 3.20. The molecular formula is C21H24N2O2. The molecule has 4 nitrogen and oxygen atoms in total. The minimum Gasteiger partial charge on any atom is -0.349 e. The summed E-state index contributed by atoms with van der Waals surface area (Å²) in [5.41, 5.74) is 2.78. The van der Waals surface area contributed by atoms with Crippen LogP contribution in [0.4, 0.5) is 5.69 Å². The first-order valence-electron chi connectivity index (χ1n) is 8.91. The van der Waals surface area contributed by atoms with Crippen molar-refractivity contribution in [1.82, 2.24) is 5.32 Å². The Bertz CT molecular complexity index is 750. The summed E-state index contributed by atoms with van der Waals surface area (Å²) in [4.78, 5) is 24.9. The minimum atomic E-state index is -0.173. The molecule has 2 N–H and O–H groups in total. The van der Waals surface area contributed by atoms with E-state index in [1.807, 2.05) is 37.3 Å². The monoisotopic (exact) mass is 336 g/mol. The van der Waals surface area contributed by atoms with Gasteiger partial charge in [-0.15, -0.1) is 0 Å². The van der Waals surface area contributed by atoms with Crippen LogP contribution in [0.5, 0.6) is 0 Å². The molecule has 4 heteroatoms. The molecule has 0 radical (unpaired) electrons. The molecule has 3 rings (SSSR count). The lowest BCUT2D eigenvalue weighted by molar-refractivity contribution is 0.0926. The third kappa shape index (κ3) is 4.47. The van der Waals surface area contributed by atoms with Crippen LogP contribution in [-0.2, 0) is 0 Å². The van der Waals surface area contributed by atoms with E-state index in [0.717, 1.165) is 18.4 Å². The van der Waals surface area contributed by atoms with Crippen molar-refractivity contribution in [2.45, 2.75) is 45.1 Å². The van der Waals surface area contributed by atoms with Crippen LogP contribution in [0.15, 0.2) is 48.5 Å². The normalized spacial score (nSPS) is 14.8. The number of benzene rings is 2. The molecule has 1 aliphatic carbocycles. The standard InChI is InChI=1S/C21H24N2O2/c1-15-12-13-17(21(25)22-18-10-6-3-7-11-18)14-19(15)23-20(24)16-8-4-2-5-9-16/h2,4-5,8-9,12-14,18H,3,6-7,10-11H2,1H3,(H,22,25)(H,23,24).